The van der Waals surface area contributed by atoms with E-state index in [2.05, 4.69) is 13.0 Å². The summed E-state index contributed by atoms with van der Waals surface area (Å²) in [5.74, 6) is 0. The normalized spacial score (nSPS) is 15.7. The standard InChI is InChI=1S/C27H33N3O2/c1-19-11-9-10-14-23(19)29-25(22-12-7-6-8-13-22)20(2)24(28)21-15-17-30(18-16-21)26(31)32-27(3,4)5/h6-15H,16-18,28H2,1-5H3/b24-20-,29-25?. The van der Waals surface area contributed by atoms with Crippen molar-refractivity contribution in [3.8, 4) is 0 Å². The molecule has 0 radical (unpaired) electrons. The monoisotopic (exact) mass is 431 g/mol. The molecule has 2 N–H and O–H groups in total. The molecule has 2 aromatic rings. The number of para-hydroxylation sites is 1. The van der Waals surface area contributed by atoms with E-state index < -0.39 is 5.60 Å². The first-order chi connectivity index (χ1) is 15.2. The zero-order valence-electron chi connectivity index (χ0n) is 19.7. The third kappa shape index (κ3) is 5.88. The summed E-state index contributed by atoms with van der Waals surface area (Å²) in [6, 6.07) is 18.2. The molecule has 1 amide bonds. The highest BCUT2D eigenvalue weighted by molar-refractivity contribution is 6.14. The van der Waals surface area contributed by atoms with Crippen molar-refractivity contribution < 1.29 is 9.53 Å². The summed E-state index contributed by atoms with van der Waals surface area (Å²) in [6.07, 6.45) is 2.40. The van der Waals surface area contributed by atoms with E-state index in [1.54, 1.807) is 4.90 Å². The number of amides is 1. The average molecular weight is 432 g/mol. The van der Waals surface area contributed by atoms with Crippen LogP contribution in [0.3, 0.4) is 0 Å². The van der Waals surface area contributed by atoms with E-state index in [1.165, 1.54) is 0 Å². The van der Waals surface area contributed by atoms with Crippen molar-refractivity contribution in [2.75, 3.05) is 13.1 Å². The molecular weight excluding hydrogens is 398 g/mol. The second-order valence-corrected chi connectivity index (χ2v) is 9.06. The van der Waals surface area contributed by atoms with Crippen LogP contribution < -0.4 is 5.73 Å². The third-order valence-corrected chi connectivity index (χ3v) is 5.36. The van der Waals surface area contributed by atoms with Gasteiger partial charge < -0.3 is 15.4 Å². The van der Waals surface area contributed by atoms with Gasteiger partial charge in [-0.1, -0.05) is 54.6 Å². The number of aryl methyl sites for hydroxylation is 1. The molecule has 0 spiro atoms. The predicted molar refractivity (Wildman–Crippen MR) is 131 cm³/mol. The molecule has 0 atom stereocenters. The first-order valence-electron chi connectivity index (χ1n) is 11.0. The van der Waals surface area contributed by atoms with Gasteiger partial charge in [0.2, 0.25) is 0 Å². The van der Waals surface area contributed by atoms with Gasteiger partial charge in [-0.05, 0) is 63.8 Å². The van der Waals surface area contributed by atoms with E-state index in [9.17, 15) is 4.79 Å². The highest BCUT2D eigenvalue weighted by atomic mass is 16.6. The highest BCUT2D eigenvalue weighted by Crippen LogP contribution is 2.25. The molecule has 0 unspecified atom stereocenters. The van der Waals surface area contributed by atoms with Crippen LogP contribution in [0.1, 0.15) is 45.2 Å². The van der Waals surface area contributed by atoms with Gasteiger partial charge >= 0.3 is 6.09 Å². The van der Waals surface area contributed by atoms with Crippen molar-refractivity contribution in [3.05, 3.63) is 88.6 Å². The molecule has 1 aliphatic rings. The number of hydrogen-bond acceptors (Lipinski definition) is 4. The van der Waals surface area contributed by atoms with E-state index in [1.807, 2.05) is 82.3 Å². The summed E-state index contributed by atoms with van der Waals surface area (Å²) in [4.78, 5) is 19.1. The van der Waals surface area contributed by atoms with Crippen molar-refractivity contribution in [1.82, 2.24) is 4.90 Å². The Morgan fingerprint density at radius 1 is 1.06 bits per heavy atom. The number of carbonyl (C=O) groups is 1. The Morgan fingerprint density at radius 2 is 1.72 bits per heavy atom. The summed E-state index contributed by atoms with van der Waals surface area (Å²) in [6.45, 7) is 10.7. The molecule has 5 heteroatoms. The smallest absolute Gasteiger partial charge is 0.410 e. The predicted octanol–water partition coefficient (Wildman–Crippen LogP) is 5.92. The van der Waals surface area contributed by atoms with Gasteiger partial charge in [0, 0.05) is 24.4 Å². The van der Waals surface area contributed by atoms with Gasteiger partial charge in [-0.25, -0.2) is 9.79 Å². The Labute approximate surface area is 191 Å². The topological polar surface area (TPSA) is 67.9 Å². The van der Waals surface area contributed by atoms with Crippen molar-refractivity contribution in [1.29, 1.82) is 0 Å². The Hall–Kier alpha value is -3.34. The second kappa shape index (κ2) is 9.86. The summed E-state index contributed by atoms with van der Waals surface area (Å²) >= 11 is 0. The largest absolute Gasteiger partial charge is 0.444 e. The summed E-state index contributed by atoms with van der Waals surface area (Å²) < 4.78 is 5.49. The third-order valence-electron chi connectivity index (χ3n) is 5.36. The fraction of sp³-hybridized carbons (Fsp3) is 0.333. The molecule has 0 bridgehead atoms. The summed E-state index contributed by atoms with van der Waals surface area (Å²) in [7, 11) is 0. The Bertz CT molecular complexity index is 1060. The fourth-order valence-corrected chi connectivity index (χ4v) is 3.54. The van der Waals surface area contributed by atoms with Gasteiger partial charge in [0.25, 0.3) is 0 Å². The molecule has 1 aliphatic heterocycles. The number of aliphatic imine (C=N–C) groups is 1. The van der Waals surface area contributed by atoms with E-state index in [-0.39, 0.29) is 6.09 Å². The van der Waals surface area contributed by atoms with E-state index in [0.29, 0.717) is 25.2 Å². The maximum absolute atomic E-state index is 12.4. The fourth-order valence-electron chi connectivity index (χ4n) is 3.54. The van der Waals surface area contributed by atoms with E-state index in [4.69, 9.17) is 15.5 Å². The van der Waals surface area contributed by atoms with Crippen molar-refractivity contribution >= 4 is 17.5 Å². The van der Waals surface area contributed by atoms with Crippen LogP contribution >= 0.6 is 0 Å². The van der Waals surface area contributed by atoms with Crippen molar-refractivity contribution in [2.45, 2.75) is 46.6 Å². The molecule has 0 fully saturated rings. The molecular formula is C27H33N3O2. The van der Waals surface area contributed by atoms with Gasteiger partial charge in [-0.15, -0.1) is 0 Å². The summed E-state index contributed by atoms with van der Waals surface area (Å²) in [5, 5.41) is 0. The molecule has 0 saturated heterocycles. The number of benzene rings is 2. The van der Waals surface area contributed by atoms with Crippen LogP contribution in [-0.2, 0) is 4.74 Å². The van der Waals surface area contributed by atoms with Crippen molar-refractivity contribution in [3.63, 3.8) is 0 Å². The molecule has 32 heavy (non-hydrogen) atoms. The Kier molecular flexibility index (Phi) is 7.18. The number of hydrogen-bond donors (Lipinski definition) is 1. The van der Waals surface area contributed by atoms with Crippen molar-refractivity contribution in [2.24, 2.45) is 10.7 Å². The molecule has 3 rings (SSSR count). The lowest BCUT2D eigenvalue weighted by Gasteiger charge is -2.30. The number of rotatable bonds is 4. The minimum Gasteiger partial charge on any atom is -0.444 e. The van der Waals surface area contributed by atoms with Crippen LogP contribution in [0.25, 0.3) is 0 Å². The zero-order valence-corrected chi connectivity index (χ0v) is 19.7. The zero-order chi connectivity index (χ0) is 23.3. The quantitative estimate of drug-likeness (QED) is 0.611. The lowest BCUT2D eigenvalue weighted by atomic mass is 9.96. The molecule has 0 aromatic heterocycles. The number of nitrogens with two attached hydrogens (primary N) is 1. The first-order valence-corrected chi connectivity index (χ1v) is 11.0. The number of ether oxygens (including phenoxy) is 1. The molecule has 0 aliphatic carbocycles. The van der Waals surface area contributed by atoms with E-state index >= 15 is 0 Å². The molecule has 1 heterocycles. The van der Waals surface area contributed by atoms with Crippen LogP contribution in [0, 0.1) is 6.92 Å². The SMILES string of the molecule is C/C(C(=Nc1ccccc1C)c1ccccc1)=C(/N)C1=CCN(C(=O)OC(C)(C)C)CC1. The highest BCUT2D eigenvalue weighted by Gasteiger charge is 2.24. The maximum Gasteiger partial charge on any atom is 0.410 e. The maximum atomic E-state index is 12.4. The average Bonchev–Trinajstić information content (AvgIpc) is 2.77. The van der Waals surface area contributed by atoms with Crippen LogP contribution in [0.15, 0.2) is 82.5 Å². The molecule has 2 aromatic carbocycles. The molecule has 168 valence electrons. The summed E-state index contributed by atoms with van der Waals surface area (Å²) in [5.41, 5.74) is 12.7. The van der Waals surface area contributed by atoms with Crippen LogP contribution in [-0.4, -0.2) is 35.4 Å². The van der Waals surface area contributed by atoms with Gasteiger partial charge in [0.1, 0.15) is 5.60 Å². The van der Waals surface area contributed by atoms with Crippen LogP contribution in [0.4, 0.5) is 10.5 Å². The molecule has 0 saturated carbocycles. The Morgan fingerprint density at radius 3 is 2.31 bits per heavy atom. The lowest BCUT2D eigenvalue weighted by Crippen LogP contribution is -2.39. The number of allylic oxidation sites excluding steroid dienone is 2. The van der Waals surface area contributed by atoms with Gasteiger partial charge in [0.15, 0.2) is 0 Å². The second-order valence-electron chi connectivity index (χ2n) is 9.06. The number of nitrogens with zero attached hydrogens (tertiary/aromatic N) is 2. The van der Waals surface area contributed by atoms with Crippen LogP contribution in [0.5, 0.6) is 0 Å². The first kappa shape index (κ1) is 23.3. The molecule has 5 nitrogen and oxygen atoms in total. The van der Waals surface area contributed by atoms with Gasteiger partial charge in [0.05, 0.1) is 11.4 Å². The van der Waals surface area contributed by atoms with Crippen LogP contribution in [0.2, 0.25) is 0 Å². The minimum atomic E-state index is -0.507. The van der Waals surface area contributed by atoms with Gasteiger partial charge in [-0.2, -0.15) is 0 Å². The minimum absolute atomic E-state index is 0.293. The lowest BCUT2D eigenvalue weighted by molar-refractivity contribution is 0.0266. The Balaban J connectivity index is 1.92. The number of carbonyl (C=O) groups excluding carboxylic acids is 1. The van der Waals surface area contributed by atoms with E-state index in [0.717, 1.165) is 33.7 Å². The van der Waals surface area contributed by atoms with Gasteiger partial charge in [-0.3, -0.25) is 0 Å².